The van der Waals surface area contributed by atoms with E-state index in [0.29, 0.717) is 12.6 Å². The fraction of sp³-hybridized carbons (Fsp3) is 0.550. The van der Waals surface area contributed by atoms with Crippen molar-refractivity contribution in [2.24, 2.45) is 4.99 Å². The first-order valence-corrected chi connectivity index (χ1v) is 10.3. The molecule has 0 atom stereocenters. The van der Waals surface area contributed by atoms with Gasteiger partial charge in [0, 0.05) is 30.6 Å². The fourth-order valence-corrected chi connectivity index (χ4v) is 3.61. The molecule has 2 aromatic rings. The van der Waals surface area contributed by atoms with E-state index in [1.165, 1.54) is 32.1 Å². The maximum absolute atomic E-state index is 6.28. The van der Waals surface area contributed by atoms with Gasteiger partial charge < -0.3 is 15.2 Å². The van der Waals surface area contributed by atoms with Gasteiger partial charge in [-0.15, -0.1) is 34.2 Å². The Morgan fingerprint density at radius 2 is 2.04 bits per heavy atom. The minimum absolute atomic E-state index is 0. The molecule has 1 aromatic heterocycles. The lowest BCUT2D eigenvalue weighted by Gasteiger charge is -2.25. The van der Waals surface area contributed by atoms with Crippen LogP contribution in [0.4, 0.5) is 0 Å². The van der Waals surface area contributed by atoms with Gasteiger partial charge in [-0.25, -0.2) is 4.99 Å². The number of rotatable bonds is 7. The maximum atomic E-state index is 6.28. The molecular weight excluding hydrogens is 487 g/mol. The van der Waals surface area contributed by atoms with Crippen LogP contribution in [-0.2, 0) is 19.5 Å². The highest BCUT2D eigenvalue weighted by Crippen LogP contribution is 2.18. The molecule has 0 saturated heterocycles. The first kappa shape index (κ1) is 22.9. The van der Waals surface area contributed by atoms with Crippen molar-refractivity contribution < 1.29 is 0 Å². The molecule has 1 fully saturated rings. The van der Waals surface area contributed by atoms with Crippen molar-refractivity contribution in [2.45, 2.75) is 64.6 Å². The van der Waals surface area contributed by atoms with Crippen molar-refractivity contribution in [1.29, 1.82) is 0 Å². The number of aromatic nitrogens is 3. The summed E-state index contributed by atoms with van der Waals surface area (Å²) in [7, 11) is 0. The molecule has 1 aromatic carbocycles. The molecule has 1 saturated carbocycles. The van der Waals surface area contributed by atoms with Gasteiger partial charge in [-0.1, -0.05) is 56.0 Å². The Labute approximate surface area is 189 Å². The maximum Gasteiger partial charge on any atom is 0.191 e. The molecule has 28 heavy (non-hydrogen) atoms. The lowest BCUT2D eigenvalue weighted by molar-refractivity contribution is 0.409. The minimum atomic E-state index is 0. The largest absolute Gasteiger partial charge is 0.355 e. The van der Waals surface area contributed by atoms with Gasteiger partial charge in [0.05, 0.1) is 6.54 Å². The molecule has 8 heteroatoms. The van der Waals surface area contributed by atoms with Crippen molar-refractivity contribution in [1.82, 2.24) is 25.4 Å². The Hall–Kier alpha value is -1.35. The number of halogens is 2. The smallest absolute Gasteiger partial charge is 0.191 e. The van der Waals surface area contributed by atoms with Crippen molar-refractivity contribution in [3.05, 3.63) is 47.0 Å². The highest BCUT2D eigenvalue weighted by molar-refractivity contribution is 14.0. The molecule has 2 N–H and O–H groups in total. The SMILES string of the molecule is CCc1nncn1CCNC(=NCc1ccccc1Cl)NC1CCCCC1.I. The zero-order valence-electron chi connectivity index (χ0n) is 16.4. The van der Waals surface area contributed by atoms with Crippen LogP contribution in [-0.4, -0.2) is 33.3 Å². The molecular formula is C20H30ClIN6. The summed E-state index contributed by atoms with van der Waals surface area (Å²) in [6.45, 7) is 4.24. The summed E-state index contributed by atoms with van der Waals surface area (Å²) < 4.78 is 2.08. The van der Waals surface area contributed by atoms with E-state index in [1.807, 2.05) is 24.3 Å². The van der Waals surface area contributed by atoms with Crippen LogP contribution in [0.25, 0.3) is 0 Å². The molecule has 1 aliphatic carbocycles. The van der Waals surface area contributed by atoms with Crippen LogP contribution in [0.15, 0.2) is 35.6 Å². The number of nitrogens with one attached hydrogen (secondary N) is 2. The fourth-order valence-electron chi connectivity index (χ4n) is 3.42. The van der Waals surface area contributed by atoms with E-state index >= 15 is 0 Å². The van der Waals surface area contributed by atoms with Gasteiger partial charge in [0.1, 0.15) is 12.2 Å². The number of guanidine groups is 1. The van der Waals surface area contributed by atoms with Crippen molar-refractivity contribution in [3.8, 4) is 0 Å². The molecule has 6 nitrogen and oxygen atoms in total. The second-order valence-corrected chi connectivity index (χ2v) is 7.36. The van der Waals surface area contributed by atoms with Gasteiger partial charge >= 0.3 is 0 Å². The highest BCUT2D eigenvalue weighted by atomic mass is 127. The summed E-state index contributed by atoms with van der Waals surface area (Å²) in [5, 5.41) is 16.0. The van der Waals surface area contributed by atoms with E-state index in [9.17, 15) is 0 Å². The Bertz CT molecular complexity index is 742. The third kappa shape index (κ3) is 6.92. The lowest BCUT2D eigenvalue weighted by atomic mass is 9.96. The van der Waals surface area contributed by atoms with E-state index in [1.54, 1.807) is 6.33 Å². The normalized spacial score (nSPS) is 15.1. The number of aryl methyl sites for hydroxylation is 1. The van der Waals surface area contributed by atoms with E-state index in [2.05, 4.69) is 32.3 Å². The van der Waals surface area contributed by atoms with E-state index in [0.717, 1.165) is 41.9 Å². The zero-order valence-corrected chi connectivity index (χ0v) is 19.5. The molecule has 0 bridgehead atoms. The molecule has 0 spiro atoms. The second-order valence-electron chi connectivity index (χ2n) is 6.96. The van der Waals surface area contributed by atoms with E-state index < -0.39 is 0 Å². The third-order valence-electron chi connectivity index (χ3n) is 4.97. The van der Waals surface area contributed by atoms with Crippen LogP contribution in [0.3, 0.4) is 0 Å². The van der Waals surface area contributed by atoms with Crippen LogP contribution < -0.4 is 10.6 Å². The Morgan fingerprint density at radius 3 is 2.79 bits per heavy atom. The highest BCUT2D eigenvalue weighted by Gasteiger charge is 2.14. The molecule has 0 radical (unpaired) electrons. The zero-order chi connectivity index (χ0) is 18.9. The average molecular weight is 517 g/mol. The first-order valence-electron chi connectivity index (χ1n) is 9.91. The molecule has 0 aliphatic heterocycles. The third-order valence-corrected chi connectivity index (χ3v) is 5.34. The number of aliphatic imine (C=N–C) groups is 1. The molecule has 1 aliphatic rings. The van der Waals surface area contributed by atoms with Gasteiger partial charge in [0.25, 0.3) is 0 Å². The summed E-state index contributed by atoms with van der Waals surface area (Å²) >= 11 is 6.28. The number of nitrogens with zero attached hydrogens (tertiary/aromatic N) is 4. The van der Waals surface area contributed by atoms with Crippen LogP contribution in [0.5, 0.6) is 0 Å². The summed E-state index contributed by atoms with van der Waals surface area (Å²) in [5.41, 5.74) is 1.04. The Morgan fingerprint density at radius 1 is 1.25 bits per heavy atom. The second kappa shape index (κ2) is 12.3. The van der Waals surface area contributed by atoms with Crippen LogP contribution in [0.1, 0.15) is 50.4 Å². The Kier molecular flexibility index (Phi) is 10.0. The molecule has 3 rings (SSSR count). The van der Waals surface area contributed by atoms with Gasteiger partial charge in [-0.05, 0) is 24.5 Å². The molecule has 0 amide bonds. The van der Waals surface area contributed by atoms with Crippen molar-refractivity contribution in [2.75, 3.05) is 6.54 Å². The van der Waals surface area contributed by atoms with Crippen LogP contribution >= 0.6 is 35.6 Å². The van der Waals surface area contributed by atoms with Crippen molar-refractivity contribution >= 4 is 41.5 Å². The number of benzene rings is 1. The topological polar surface area (TPSA) is 67.1 Å². The molecule has 1 heterocycles. The standard InChI is InChI=1S/C20H29ClN6.HI/c1-2-19-26-24-15-27(19)13-12-22-20(25-17-9-4-3-5-10-17)23-14-16-8-6-7-11-18(16)21;/h6-8,11,15,17H,2-5,9-10,12-14H2,1H3,(H2,22,23,25);1H. The minimum Gasteiger partial charge on any atom is -0.355 e. The quantitative estimate of drug-likeness (QED) is 0.329. The predicted octanol–water partition coefficient (Wildman–Crippen LogP) is 4.18. The number of hydrogen-bond acceptors (Lipinski definition) is 3. The summed E-state index contributed by atoms with van der Waals surface area (Å²) in [5.74, 6) is 1.86. The van der Waals surface area contributed by atoms with Gasteiger partial charge in [-0.3, -0.25) is 0 Å². The van der Waals surface area contributed by atoms with Gasteiger partial charge in [-0.2, -0.15) is 0 Å². The average Bonchev–Trinajstić information content (AvgIpc) is 3.15. The first-order chi connectivity index (χ1) is 13.3. The molecule has 0 unspecified atom stereocenters. The Balaban J connectivity index is 0.00000280. The van der Waals surface area contributed by atoms with E-state index in [-0.39, 0.29) is 24.0 Å². The van der Waals surface area contributed by atoms with E-state index in [4.69, 9.17) is 16.6 Å². The van der Waals surface area contributed by atoms with Crippen LogP contribution in [0.2, 0.25) is 5.02 Å². The summed E-state index contributed by atoms with van der Waals surface area (Å²) in [6, 6.07) is 8.37. The molecule has 154 valence electrons. The monoisotopic (exact) mass is 516 g/mol. The van der Waals surface area contributed by atoms with Crippen LogP contribution in [0, 0.1) is 0 Å². The van der Waals surface area contributed by atoms with Gasteiger partial charge in [0.2, 0.25) is 0 Å². The van der Waals surface area contributed by atoms with Crippen molar-refractivity contribution in [3.63, 3.8) is 0 Å². The lowest BCUT2D eigenvalue weighted by Crippen LogP contribution is -2.45. The van der Waals surface area contributed by atoms with Gasteiger partial charge in [0.15, 0.2) is 5.96 Å². The predicted molar refractivity (Wildman–Crippen MR) is 125 cm³/mol. The number of hydrogen-bond donors (Lipinski definition) is 2. The summed E-state index contributed by atoms with van der Waals surface area (Å²) in [4.78, 5) is 4.78. The summed E-state index contributed by atoms with van der Waals surface area (Å²) in [6.07, 6.45) is 9.00.